The molecule has 2 aromatic heterocycles. The molecule has 0 bridgehead atoms. The van der Waals surface area contributed by atoms with Gasteiger partial charge in [-0.05, 0) is 12.1 Å². The topological polar surface area (TPSA) is 73.0 Å². The van der Waals surface area contributed by atoms with Gasteiger partial charge in [-0.2, -0.15) is 0 Å². The van der Waals surface area contributed by atoms with Crippen LogP contribution in [0.5, 0.6) is 0 Å². The van der Waals surface area contributed by atoms with Crippen molar-refractivity contribution in [3.8, 4) is 0 Å². The lowest BCUT2D eigenvalue weighted by atomic mass is 10.2. The molecular formula is C15H20N4O2S. The summed E-state index contributed by atoms with van der Waals surface area (Å²) in [5.41, 5.74) is 0. The molecule has 0 saturated heterocycles. The number of carbonyl (C=O) groups is 1. The molecule has 0 aliphatic carbocycles. The van der Waals surface area contributed by atoms with Crippen LogP contribution in [0.4, 0.5) is 0 Å². The second kappa shape index (κ2) is 7.84. The van der Waals surface area contributed by atoms with E-state index in [1.165, 1.54) is 11.8 Å². The summed E-state index contributed by atoms with van der Waals surface area (Å²) in [6.07, 6.45) is 3.39. The number of amides is 1. The maximum atomic E-state index is 11.9. The molecule has 2 rings (SSSR count). The van der Waals surface area contributed by atoms with Crippen molar-refractivity contribution in [3.05, 3.63) is 42.6 Å². The van der Waals surface area contributed by atoms with Gasteiger partial charge in [0.25, 0.3) is 0 Å². The van der Waals surface area contributed by atoms with Crippen LogP contribution in [-0.4, -0.2) is 26.4 Å². The minimum atomic E-state index is -0.0688. The highest BCUT2D eigenvalue weighted by Gasteiger charge is 2.15. The van der Waals surface area contributed by atoms with Crippen LogP contribution in [0.2, 0.25) is 0 Å². The predicted molar refractivity (Wildman–Crippen MR) is 85.6 cm³/mol. The van der Waals surface area contributed by atoms with Gasteiger partial charge in [0.15, 0.2) is 5.16 Å². The molecule has 2 heterocycles. The summed E-state index contributed by atoms with van der Waals surface area (Å²) >= 11 is 1.37. The number of allylic oxidation sites excluding steroid dienone is 1. The third kappa shape index (κ3) is 4.24. The first-order valence-electron chi connectivity index (χ1n) is 7.07. The lowest BCUT2D eigenvalue weighted by Crippen LogP contribution is -2.24. The third-order valence-corrected chi connectivity index (χ3v) is 3.91. The first-order chi connectivity index (χ1) is 10.6. The second-order valence-corrected chi connectivity index (χ2v) is 5.98. The molecule has 7 heteroatoms. The van der Waals surface area contributed by atoms with Gasteiger partial charge < -0.3 is 14.3 Å². The summed E-state index contributed by atoms with van der Waals surface area (Å²) in [4.78, 5) is 11.9. The van der Waals surface area contributed by atoms with Crippen molar-refractivity contribution in [3.63, 3.8) is 0 Å². The van der Waals surface area contributed by atoms with Crippen molar-refractivity contribution in [1.82, 2.24) is 20.1 Å². The van der Waals surface area contributed by atoms with Crippen molar-refractivity contribution in [1.29, 1.82) is 0 Å². The fourth-order valence-electron chi connectivity index (χ4n) is 1.91. The Morgan fingerprint density at radius 1 is 1.55 bits per heavy atom. The highest BCUT2D eigenvalue weighted by atomic mass is 32.2. The van der Waals surface area contributed by atoms with Gasteiger partial charge in [-0.15, -0.1) is 16.8 Å². The monoisotopic (exact) mass is 320 g/mol. The highest BCUT2D eigenvalue weighted by molar-refractivity contribution is 7.99. The van der Waals surface area contributed by atoms with Gasteiger partial charge in [0.05, 0.1) is 18.6 Å². The minimum absolute atomic E-state index is 0.0688. The first-order valence-corrected chi connectivity index (χ1v) is 8.06. The molecule has 2 aromatic rings. The molecule has 0 aliphatic rings. The number of rotatable bonds is 8. The quantitative estimate of drug-likeness (QED) is 0.598. The van der Waals surface area contributed by atoms with E-state index in [1.54, 1.807) is 18.4 Å². The standard InChI is InChI=1S/C15H20N4O2S/c1-4-7-19-14(11(2)3)17-18-15(19)22-10-13(20)16-9-12-6-5-8-21-12/h4-6,8,11H,1,7,9-10H2,2-3H3,(H,16,20). The molecule has 1 amide bonds. The predicted octanol–water partition coefficient (Wildman–Crippen LogP) is 2.59. The van der Waals surface area contributed by atoms with E-state index in [2.05, 4.69) is 35.9 Å². The lowest BCUT2D eigenvalue weighted by molar-refractivity contribution is -0.118. The molecule has 1 N–H and O–H groups in total. The lowest BCUT2D eigenvalue weighted by Gasteiger charge is -2.09. The number of furan rings is 1. The summed E-state index contributed by atoms with van der Waals surface area (Å²) in [7, 11) is 0. The van der Waals surface area contributed by atoms with Crippen LogP contribution in [0, 0.1) is 0 Å². The molecule has 0 fully saturated rings. The molecule has 0 saturated carbocycles. The van der Waals surface area contributed by atoms with Crippen LogP contribution in [-0.2, 0) is 17.9 Å². The van der Waals surface area contributed by atoms with Crippen LogP contribution < -0.4 is 5.32 Å². The fraction of sp³-hybridized carbons (Fsp3) is 0.400. The van der Waals surface area contributed by atoms with Gasteiger partial charge in [-0.1, -0.05) is 31.7 Å². The summed E-state index contributed by atoms with van der Waals surface area (Å²) < 4.78 is 7.16. The van der Waals surface area contributed by atoms with Crippen molar-refractivity contribution in [2.45, 2.75) is 38.0 Å². The van der Waals surface area contributed by atoms with E-state index in [4.69, 9.17) is 4.42 Å². The van der Waals surface area contributed by atoms with E-state index in [1.807, 2.05) is 10.6 Å². The van der Waals surface area contributed by atoms with Gasteiger partial charge in [0, 0.05) is 12.5 Å². The van der Waals surface area contributed by atoms with Gasteiger partial charge in [-0.3, -0.25) is 4.79 Å². The largest absolute Gasteiger partial charge is 0.467 e. The SMILES string of the molecule is C=CCn1c(SCC(=O)NCc2ccco2)nnc1C(C)C. The maximum Gasteiger partial charge on any atom is 0.230 e. The number of hydrogen-bond acceptors (Lipinski definition) is 5. The number of carbonyl (C=O) groups excluding carboxylic acids is 1. The van der Waals surface area contributed by atoms with E-state index in [-0.39, 0.29) is 17.6 Å². The zero-order valence-corrected chi connectivity index (χ0v) is 13.6. The van der Waals surface area contributed by atoms with Crippen LogP contribution in [0.3, 0.4) is 0 Å². The van der Waals surface area contributed by atoms with Crippen LogP contribution in [0.25, 0.3) is 0 Å². The Kier molecular flexibility index (Phi) is 5.83. The number of aromatic nitrogens is 3. The Hall–Kier alpha value is -2.02. The van der Waals surface area contributed by atoms with Crippen LogP contribution in [0.15, 0.2) is 40.6 Å². The first kappa shape index (κ1) is 16.4. The van der Waals surface area contributed by atoms with Gasteiger partial charge >= 0.3 is 0 Å². The van der Waals surface area contributed by atoms with E-state index < -0.39 is 0 Å². The Labute approximate surface area is 134 Å². The fourth-order valence-corrected chi connectivity index (χ4v) is 2.70. The maximum absolute atomic E-state index is 11.9. The normalized spacial score (nSPS) is 10.9. The Morgan fingerprint density at radius 2 is 2.36 bits per heavy atom. The zero-order chi connectivity index (χ0) is 15.9. The third-order valence-electron chi connectivity index (χ3n) is 2.95. The molecule has 0 aliphatic heterocycles. The van der Waals surface area contributed by atoms with Crippen molar-refractivity contribution < 1.29 is 9.21 Å². The number of nitrogens with zero attached hydrogens (tertiary/aromatic N) is 3. The highest BCUT2D eigenvalue weighted by Crippen LogP contribution is 2.21. The summed E-state index contributed by atoms with van der Waals surface area (Å²) in [6.45, 7) is 8.91. The number of nitrogens with one attached hydrogen (secondary N) is 1. The van der Waals surface area contributed by atoms with Crippen molar-refractivity contribution >= 4 is 17.7 Å². The Bertz CT molecular complexity index is 620. The summed E-state index contributed by atoms with van der Waals surface area (Å²) in [5.74, 6) is 2.12. The zero-order valence-electron chi connectivity index (χ0n) is 12.8. The molecule has 0 radical (unpaired) electrons. The van der Waals surface area contributed by atoms with E-state index in [9.17, 15) is 4.79 Å². The summed E-state index contributed by atoms with van der Waals surface area (Å²) in [6, 6.07) is 3.62. The van der Waals surface area contributed by atoms with Gasteiger partial charge in [-0.25, -0.2) is 0 Å². The van der Waals surface area contributed by atoms with E-state index >= 15 is 0 Å². The Morgan fingerprint density at radius 3 is 3.00 bits per heavy atom. The average molecular weight is 320 g/mol. The summed E-state index contributed by atoms with van der Waals surface area (Å²) in [5, 5.41) is 11.9. The number of hydrogen-bond donors (Lipinski definition) is 1. The Balaban J connectivity index is 1.90. The smallest absolute Gasteiger partial charge is 0.230 e. The van der Waals surface area contributed by atoms with Gasteiger partial charge in [0.2, 0.25) is 5.91 Å². The van der Waals surface area contributed by atoms with Gasteiger partial charge in [0.1, 0.15) is 11.6 Å². The van der Waals surface area contributed by atoms with Crippen LogP contribution in [0.1, 0.15) is 31.4 Å². The van der Waals surface area contributed by atoms with Crippen molar-refractivity contribution in [2.75, 3.05) is 5.75 Å². The van der Waals surface area contributed by atoms with Crippen LogP contribution >= 0.6 is 11.8 Å². The number of thioether (sulfide) groups is 1. The molecule has 6 nitrogen and oxygen atoms in total. The molecule has 0 atom stereocenters. The van der Waals surface area contributed by atoms with E-state index in [0.717, 1.165) is 16.7 Å². The molecule has 0 unspecified atom stereocenters. The van der Waals surface area contributed by atoms with Crippen molar-refractivity contribution in [2.24, 2.45) is 0 Å². The molecule has 0 aromatic carbocycles. The molecule has 0 spiro atoms. The second-order valence-electron chi connectivity index (χ2n) is 5.04. The van der Waals surface area contributed by atoms with E-state index in [0.29, 0.717) is 13.1 Å². The molecule has 22 heavy (non-hydrogen) atoms. The molecular weight excluding hydrogens is 300 g/mol. The molecule has 118 valence electrons. The minimum Gasteiger partial charge on any atom is -0.467 e. The average Bonchev–Trinajstić information content (AvgIpc) is 3.13.